The van der Waals surface area contributed by atoms with Crippen LogP contribution >= 0.6 is 0 Å². The van der Waals surface area contributed by atoms with Gasteiger partial charge in [-0.15, -0.1) is 0 Å². The molecule has 0 N–H and O–H groups in total. The second-order valence-corrected chi connectivity index (χ2v) is 6.15. The summed E-state index contributed by atoms with van der Waals surface area (Å²) in [5, 5.41) is 0.955. The summed E-state index contributed by atoms with van der Waals surface area (Å²) in [4.78, 5) is 19.2. The van der Waals surface area contributed by atoms with Crippen molar-refractivity contribution < 1.29 is 14.3 Å². The first-order chi connectivity index (χ1) is 12.5. The number of rotatable bonds is 5. The number of hydrogen-bond donors (Lipinski definition) is 0. The van der Waals surface area contributed by atoms with Gasteiger partial charge in [-0.2, -0.15) is 0 Å². The maximum absolute atomic E-state index is 13.0. The Morgan fingerprint density at radius 1 is 1.08 bits per heavy atom. The zero-order chi connectivity index (χ0) is 18.7. The van der Waals surface area contributed by atoms with Gasteiger partial charge in [-0.25, -0.2) is 0 Å². The monoisotopic (exact) mass is 350 g/mol. The summed E-state index contributed by atoms with van der Waals surface area (Å²) < 4.78 is 10.6. The van der Waals surface area contributed by atoms with E-state index in [0.717, 1.165) is 22.2 Å². The number of aryl methyl sites for hydroxylation is 1. The third kappa shape index (κ3) is 3.47. The Labute approximate surface area is 153 Å². The molecule has 5 heteroatoms. The van der Waals surface area contributed by atoms with Crippen molar-refractivity contribution in [3.05, 3.63) is 65.4 Å². The maximum atomic E-state index is 13.0. The van der Waals surface area contributed by atoms with Crippen molar-refractivity contribution in [1.29, 1.82) is 0 Å². The molecule has 3 aromatic rings. The van der Waals surface area contributed by atoms with Crippen LogP contribution in [0.1, 0.15) is 21.6 Å². The molecule has 0 aliphatic rings. The molecule has 0 atom stereocenters. The van der Waals surface area contributed by atoms with Crippen molar-refractivity contribution >= 4 is 16.8 Å². The van der Waals surface area contributed by atoms with Gasteiger partial charge >= 0.3 is 0 Å². The van der Waals surface area contributed by atoms with E-state index in [9.17, 15) is 4.79 Å². The van der Waals surface area contributed by atoms with E-state index >= 15 is 0 Å². The molecule has 0 aliphatic heterocycles. The molecule has 0 radical (unpaired) electrons. The lowest BCUT2D eigenvalue weighted by Gasteiger charge is -2.20. The maximum Gasteiger partial charge on any atom is 0.255 e. The van der Waals surface area contributed by atoms with Gasteiger partial charge in [-0.1, -0.05) is 18.2 Å². The summed E-state index contributed by atoms with van der Waals surface area (Å²) in [5.74, 6) is 1.34. The molecule has 1 aromatic heterocycles. The molecule has 26 heavy (non-hydrogen) atoms. The Morgan fingerprint density at radius 2 is 1.85 bits per heavy atom. The second kappa shape index (κ2) is 7.44. The van der Waals surface area contributed by atoms with Crippen molar-refractivity contribution in [2.24, 2.45) is 0 Å². The van der Waals surface area contributed by atoms with Gasteiger partial charge in [0.05, 0.1) is 31.0 Å². The molecule has 0 saturated heterocycles. The number of carbonyl (C=O) groups excluding carboxylic acids is 1. The zero-order valence-corrected chi connectivity index (χ0v) is 15.4. The second-order valence-electron chi connectivity index (χ2n) is 6.15. The van der Waals surface area contributed by atoms with Gasteiger partial charge in [0.25, 0.3) is 5.91 Å². The predicted molar refractivity (Wildman–Crippen MR) is 102 cm³/mol. The highest BCUT2D eigenvalue weighted by Crippen LogP contribution is 2.26. The molecule has 0 aliphatic carbocycles. The highest BCUT2D eigenvalue weighted by Gasteiger charge is 2.18. The minimum Gasteiger partial charge on any atom is -0.497 e. The highest BCUT2D eigenvalue weighted by atomic mass is 16.5. The molecule has 0 saturated carbocycles. The third-order valence-corrected chi connectivity index (χ3v) is 4.39. The number of para-hydroxylation sites is 1. The number of benzene rings is 2. The first kappa shape index (κ1) is 17.7. The van der Waals surface area contributed by atoms with E-state index in [4.69, 9.17) is 9.47 Å². The molecule has 2 aromatic carbocycles. The average Bonchev–Trinajstić information content (AvgIpc) is 2.67. The van der Waals surface area contributed by atoms with E-state index in [-0.39, 0.29) is 5.91 Å². The van der Waals surface area contributed by atoms with Crippen molar-refractivity contribution in [1.82, 2.24) is 9.88 Å². The number of fused-ring (bicyclic) bond motifs is 1. The van der Waals surface area contributed by atoms with Crippen molar-refractivity contribution in [2.45, 2.75) is 13.5 Å². The van der Waals surface area contributed by atoms with E-state index in [1.54, 1.807) is 26.2 Å². The average molecular weight is 350 g/mol. The highest BCUT2D eigenvalue weighted by molar-refractivity contribution is 5.98. The Morgan fingerprint density at radius 3 is 2.58 bits per heavy atom. The molecule has 0 fully saturated rings. The minimum absolute atomic E-state index is 0.0707. The van der Waals surface area contributed by atoms with Gasteiger partial charge < -0.3 is 14.4 Å². The van der Waals surface area contributed by atoms with Crippen LogP contribution in [0.4, 0.5) is 0 Å². The smallest absolute Gasteiger partial charge is 0.255 e. The van der Waals surface area contributed by atoms with Gasteiger partial charge in [-0.05, 0) is 31.2 Å². The number of amides is 1. The summed E-state index contributed by atoms with van der Waals surface area (Å²) >= 11 is 0. The van der Waals surface area contributed by atoms with Gasteiger partial charge in [0.2, 0.25) is 0 Å². The van der Waals surface area contributed by atoms with Crippen LogP contribution in [-0.4, -0.2) is 37.1 Å². The van der Waals surface area contributed by atoms with Crippen LogP contribution in [-0.2, 0) is 6.54 Å². The Bertz CT molecular complexity index is 953. The summed E-state index contributed by atoms with van der Waals surface area (Å²) in [6.07, 6.45) is 0. The van der Waals surface area contributed by atoms with Gasteiger partial charge in [0, 0.05) is 30.6 Å². The van der Waals surface area contributed by atoms with Crippen LogP contribution < -0.4 is 9.47 Å². The largest absolute Gasteiger partial charge is 0.497 e. The molecule has 1 amide bonds. The van der Waals surface area contributed by atoms with E-state index < -0.39 is 0 Å². The van der Waals surface area contributed by atoms with Crippen LogP contribution in [0.15, 0.2) is 48.5 Å². The van der Waals surface area contributed by atoms with E-state index in [1.807, 2.05) is 55.5 Å². The number of pyridine rings is 1. The number of carbonyl (C=O) groups is 1. The summed E-state index contributed by atoms with van der Waals surface area (Å²) in [5.41, 5.74) is 3.14. The van der Waals surface area contributed by atoms with Crippen LogP contribution in [0, 0.1) is 6.92 Å². The van der Waals surface area contributed by atoms with Crippen LogP contribution in [0.3, 0.4) is 0 Å². The molecule has 134 valence electrons. The lowest BCUT2D eigenvalue weighted by atomic mass is 10.1. The SMILES string of the molecule is COc1ccc(CN(C)C(=O)c2cc3ccccc3nc2C)c(OC)c1. The Balaban J connectivity index is 1.87. The quantitative estimate of drug-likeness (QED) is 0.702. The predicted octanol–water partition coefficient (Wildman–Crippen LogP) is 3.83. The van der Waals surface area contributed by atoms with Crippen LogP contribution in [0.5, 0.6) is 11.5 Å². The van der Waals surface area contributed by atoms with E-state index in [0.29, 0.717) is 23.6 Å². The normalized spacial score (nSPS) is 10.6. The summed E-state index contributed by atoms with van der Waals surface area (Å²) in [6, 6.07) is 15.3. The molecule has 0 bridgehead atoms. The molecule has 0 unspecified atom stereocenters. The lowest BCUT2D eigenvalue weighted by Crippen LogP contribution is -2.27. The minimum atomic E-state index is -0.0707. The number of nitrogens with zero attached hydrogens (tertiary/aromatic N) is 2. The Kier molecular flexibility index (Phi) is 5.07. The first-order valence-electron chi connectivity index (χ1n) is 8.36. The fraction of sp³-hybridized carbons (Fsp3) is 0.238. The van der Waals surface area contributed by atoms with Crippen molar-refractivity contribution in [3.63, 3.8) is 0 Å². The standard InChI is InChI=1S/C21H22N2O3/c1-14-18(11-15-7-5-6-8-19(15)22-14)21(24)23(2)13-16-9-10-17(25-3)12-20(16)26-4/h5-12H,13H2,1-4H3. The number of hydrogen-bond acceptors (Lipinski definition) is 4. The van der Waals surface area contributed by atoms with Gasteiger partial charge in [-0.3, -0.25) is 9.78 Å². The van der Waals surface area contributed by atoms with Crippen LogP contribution in [0.25, 0.3) is 10.9 Å². The molecule has 5 nitrogen and oxygen atoms in total. The fourth-order valence-corrected chi connectivity index (χ4v) is 2.94. The van der Waals surface area contributed by atoms with E-state index in [2.05, 4.69) is 4.98 Å². The first-order valence-corrected chi connectivity index (χ1v) is 8.36. The zero-order valence-electron chi connectivity index (χ0n) is 15.4. The third-order valence-electron chi connectivity index (χ3n) is 4.39. The molecule has 1 heterocycles. The van der Waals surface area contributed by atoms with Gasteiger partial charge in [0.15, 0.2) is 0 Å². The van der Waals surface area contributed by atoms with Gasteiger partial charge in [0.1, 0.15) is 11.5 Å². The molecular weight excluding hydrogens is 328 g/mol. The number of aromatic nitrogens is 1. The molecular formula is C21H22N2O3. The number of ether oxygens (including phenoxy) is 2. The summed E-state index contributed by atoms with van der Waals surface area (Å²) in [7, 11) is 5.00. The fourth-order valence-electron chi connectivity index (χ4n) is 2.94. The molecule has 0 spiro atoms. The molecule has 3 rings (SSSR count). The van der Waals surface area contributed by atoms with E-state index in [1.165, 1.54) is 0 Å². The van der Waals surface area contributed by atoms with Crippen LogP contribution in [0.2, 0.25) is 0 Å². The Hall–Kier alpha value is -3.08. The van der Waals surface area contributed by atoms with Crippen molar-refractivity contribution in [2.75, 3.05) is 21.3 Å². The number of methoxy groups -OCH3 is 2. The summed E-state index contributed by atoms with van der Waals surface area (Å²) in [6.45, 7) is 2.29. The lowest BCUT2D eigenvalue weighted by molar-refractivity contribution is 0.0783. The van der Waals surface area contributed by atoms with Crippen molar-refractivity contribution in [3.8, 4) is 11.5 Å². The topological polar surface area (TPSA) is 51.7 Å².